The van der Waals surface area contributed by atoms with Gasteiger partial charge >= 0.3 is 6.03 Å². The number of rotatable bonds is 8. The van der Waals surface area contributed by atoms with Crippen LogP contribution in [0, 0.1) is 19.8 Å². The summed E-state index contributed by atoms with van der Waals surface area (Å²) in [6.45, 7) is 5.64. The summed E-state index contributed by atoms with van der Waals surface area (Å²) in [5, 5.41) is 6.31. The average Bonchev–Trinajstić information content (AvgIpc) is 3.89. The van der Waals surface area contributed by atoms with Crippen molar-refractivity contribution >= 4 is 40.8 Å². The molecule has 1 aliphatic heterocycles. The number of amides is 4. The molecule has 2 N–H and O–H groups in total. The molecule has 0 aromatic carbocycles. The molecule has 0 bridgehead atoms. The summed E-state index contributed by atoms with van der Waals surface area (Å²) in [5.41, 5.74) is 3.97. The number of pyridine rings is 1. The van der Waals surface area contributed by atoms with E-state index in [9.17, 15) is 14.4 Å². The van der Waals surface area contributed by atoms with Crippen LogP contribution in [0.3, 0.4) is 0 Å². The summed E-state index contributed by atoms with van der Waals surface area (Å²) in [6, 6.07) is 4.92. The lowest BCUT2D eigenvalue weighted by Gasteiger charge is -2.17. The first-order valence-corrected chi connectivity index (χ1v) is 14.5. The van der Waals surface area contributed by atoms with Gasteiger partial charge in [-0.1, -0.05) is 0 Å². The van der Waals surface area contributed by atoms with Crippen LogP contribution < -0.4 is 15.5 Å². The lowest BCUT2D eigenvalue weighted by Crippen LogP contribution is -2.30. The molecule has 2 aliphatic carbocycles. The summed E-state index contributed by atoms with van der Waals surface area (Å²) in [6.07, 6.45) is 8.62. The predicted molar refractivity (Wildman–Crippen MR) is 158 cm³/mol. The molecule has 4 amide bonds. The second kappa shape index (κ2) is 10.1. The number of likely N-dealkylation sites (N-methyl/N-ethyl adjacent to an activating group) is 1. The number of anilines is 3. The minimum Gasteiger partial charge on any atom is -0.362 e. The molecule has 4 aromatic heterocycles. The highest BCUT2D eigenvalue weighted by Gasteiger charge is 2.46. The Kier molecular flexibility index (Phi) is 6.33. The number of carbonyl (C=O) groups is 3. The van der Waals surface area contributed by atoms with Crippen LogP contribution in [0.4, 0.5) is 22.1 Å². The maximum Gasteiger partial charge on any atom is 0.331 e. The van der Waals surface area contributed by atoms with E-state index in [2.05, 4.69) is 36.8 Å². The van der Waals surface area contributed by atoms with Crippen molar-refractivity contribution < 1.29 is 14.4 Å². The van der Waals surface area contributed by atoms with Crippen molar-refractivity contribution in [3.8, 4) is 0 Å². The van der Waals surface area contributed by atoms with E-state index in [1.807, 2.05) is 36.6 Å². The van der Waals surface area contributed by atoms with Gasteiger partial charge in [-0.05, 0) is 63.6 Å². The SMILES string of the molecule is Cc1ccnc(C2C[C@@H]2C(=O)Nc2cc(N[C@@H](C)c3cn4cc(C5CC5)cc(N5CC(=O)N(C)C5=O)c4n3)nc(C)n2)n1. The zero-order valence-corrected chi connectivity index (χ0v) is 24.4. The fourth-order valence-corrected chi connectivity index (χ4v) is 5.59. The highest BCUT2D eigenvalue weighted by molar-refractivity contribution is 6.13. The largest absolute Gasteiger partial charge is 0.362 e. The van der Waals surface area contributed by atoms with E-state index in [4.69, 9.17) is 4.98 Å². The Morgan fingerprint density at radius 1 is 1.05 bits per heavy atom. The smallest absolute Gasteiger partial charge is 0.331 e. The lowest BCUT2D eigenvalue weighted by atomic mass is 10.1. The standard InChI is InChI=1S/C30H32N10O3/c1-15-7-8-31-27(32-15)20-10-21(20)29(42)37-25-11-24(34-17(3)35-25)33-16(2)22-13-39-12-19(18-5-6-18)9-23(28(39)36-22)40-14-26(41)38(4)30(40)43/h7-9,11-13,16,18,20-21H,5-6,10,14H2,1-4H3,(H2,33,34,35,37,42)/t16-,20?,21-/m0/s1. The van der Waals surface area contributed by atoms with Crippen molar-refractivity contribution in [3.05, 3.63) is 65.4 Å². The lowest BCUT2D eigenvalue weighted by molar-refractivity contribution is -0.124. The Bertz CT molecular complexity index is 1800. The average molecular weight is 581 g/mol. The van der Waals surface area contributed by atoms with E-state index in [1.54, 1.807) is 19.2 Å². The van der Waals surface area contributed by atoms with Crippen LogP contribution in [0.5, 0.6) is 0 Å². The number of hydrogen-bond donors (Lipinski definition) is 2. The summed E-state index contributed by atoms with van der Waals surface area (Å²) in [4.78, 5) is 63.4. The van der Waals surface area contributed by atoms with Crippen molar-refractivity contribution in [3.63, 3.8) is 0 Å². The Hall–Kier alpha value is -4.94. The molecule has 3 fully saturated rings. The number of nitrogens with zero attached hydrogens (tertiary/aromatic N) is 8. The minimum absolute atomic E-state index is 0.00944. The number of aryl methyl sites for hydroxylation is 2. The van der Waals surface area contributed by atoms with Crippen LogP contribution in [0.2, 0.25) is 0 Å². The third kappa shape index (κ3) is 5.15. The van der Waals surface area contributed by atoms with E-state index in [-0.39, 0.29) is 42.3 Å². The summed E-state index contributed by atoms with van der Waals surface area (Å²) in [7, 11) is 1.50. The van der Waals surface area contributed by atoms with E-state index >= 15 is 0 Å². The van der Waals surface area contributed by atoms with Gasteiger partial charge in [0.25, 0.3) is 0 Å². The third-order valence-corrected chi connectivity index (χ3v) is 8.27. The van der Waals surface area contributed by atoms with Gasteiger partial charge in [0.2, 0.25) is 11.8 Å². The second-order valence-electron chi connectivity index (χ2n) is 11.7. The minimum atomic E-state index is -0.356. The number of fused-ring (bicyclic) bond motifs is 1. The highest BCUT2D eigenvalue weighted by Crippen LogP contribution is 2.46. The fraction of sp³-hybridized carbons (Fsp3) is 0.400. The summed E-state index contributed by atoms with van der Waals surface area (Å²) >= 11 is 0. The molecule has 3 atom stereocenters. The predicted octanol–water partition coefficient (Wildman–Crippen LogP) is 3.72. The number of hydrogen-bond acceptors (Lipinski definition) is 9. The summed E-state index contributed by atoms with van der Waals surface area (Å²) in [5.74, 6) is 2.06. The van der Waals surface area contributed by atoms with Crippen molar-refractivity contribution in [2.45, 2.75) is 57.9 Å². The molecule has 43 heavy (non-hydrogen) atoms. The van der Waals surface area contributed by atoms with Gasteiger partial charge < -0.3 is 15.0 Å². The molecule has 1 saturated heterocycles. The van der Waals surface area contributed by atoms with Gasteiger partial charge in [-0.2, -0.15) is 0 Å². The molecule has 1 unspecified atom stereocenters. The van der Waals surface area contributed by atoms with E-state index in [1.165, 1.54) is 11.9 Å². The maximum absolute atomic E-state index is 13.0. The van der Waals surface area contributed by atoms with E-state index in [0.29, 0.717) is 47.0 Å². The molecule has 0 spiro atoms. The molecular formula is C30H32N10O3. The molecule has 220 valence electrons. The molecule has 2 saturated carbocycles. The van der Waals surface area contributed by atoms with Gasteiger partial charge in [-0.3, -0.25) is 19.4 Å². The summed E-state index contributed by atoms with van der Waals surface area (Å²) < 4.78 is 1.94. The van der Waals surface area contributed by atoms with Gasteiger partial charge in [-0.15, -0.1) is 0 Å². The first-order chi connectivity index (χ1) is 20.6. The monoisotopic (exact) mass is 580 g/mol. The zero-order chi connectivity index (χ0) is 30.0. The van der Waals surface area contributed by atoms with Crippen molar-refractivity contribution in [1.82, 2.24) is 34.2 Å². The van der Waals surface area contributed by atoms with Crippen molar-refractivity contribution in [2.24, 2.45) is 5.92 Å². The first-order valence-electron chi connectivity index (χ1n) is 14.5. The van der Waals surface area contributed by atoms with Crippen LogP contribution >= 0.6 is 0 Å². The first kappa shape index (κ1) is 26.9. The van der Waals surface area contributed by atoms with E-state index in [0.717, 1.165) is 34.7 Å². The topological polar surface area (TPSA) is 151 Å². The number of imide groups is 1. The molecular weight excluding hydrogens is 548 g/mol. The quantitative estimate of drug-likeness (QED) is 0.297. The Labute approximate surface area is 247 Å². The van der Waals surface area contributed by atoms with Crippen LogP contribution in [0.1, 0.15) is 72.7 Å². The fourth-order valence-electron chi connectivity index (χ4n) is 5.59. The zero-order valence-electron chi connectivity index (χ0n) is 24.4. The van der Waals surface area contributed by atoms with Crippen molar-refractivity contribution in [2.75, 3.05) is 29.1 Å². The molecule has 5 heterocycles. The van der Waals surface area contributed by atoms with Gasteiger partial charge in [0.15, 0.2) is 5.65 Å². The Balaban J connectivity index is 1.10. The van der Waals surface area contributed by atoms with Gasteiger partial charge in [0.05, 0.1) is 17.4 Å². The highest BCUT2D eigenvalue weighted by atomic mass is 16.2. The molecule has 4 aromatic rings. The molecule has 13 heteroatoms. The van der Waals surface area contributed by atoms with Crippen LogP contribution in [0.15, 0.2) is 36.8 Å². The Morgan fingerprint density at radius 2 is 1.84 bits per heavy atom. The van der Waals surface area contributed by atoms with Crippen LogP contribution in [-0.4, -0.2) is 65.7 Å². The number of carbonyl (C=O) groups excluding carboxylic acids is 3. The van der Waals surface area contributed by atoms with Crippen LogP contribution in [0.25, 0.3) is 5.65 Å². The number of imidazole rings is 1. The van der Waals surface area contributed by atoms with Crippen molar-refractivity contribution in [1.29, 1.82) is 0 Å². The molecule has 13 nitrogen and oxygen atoms in total. The third-order valence-electron chi connectivity index (χ3n) is 8.27. The molecule has 0 radical (unpaired) electrons. The molecule has 7 rings (SSSR count). The van der Waals surface area contributed by atoms with Gasteiger partial charge in [0, 0.05) is 49.2 Å². The van der Waals surface area contributed by atoms with Gasteiger partial charge in [0.1, 0.15) is 29.8 Å². The van der Waals surface area contributed by atoms with Gasteiger partial charge in [-0.25, -0.2) is 29.7 Å². The Morgan fingerprint density at radius 3 is 2.56 bits per heavy atom. The molecule has 3 aliphatic rings. The normalized spacial score (nSPS) is 20.6. The number of aromatic nitrogens is 6. The second-order valence-corrected chi connectivity index (χ2v) is 11.7. The number of urea groups is 1. The van der Waals surface area contributed by atoms with Crippen LogP contribution in [-0.2, 0) is 9.59 Å². The number of nitrogens with one attached hydrogen (secondary N) is 2. The van der Waals surface area contributed by atoms with E-state index < -0.39 is 0 Å². The maximum atomic E-state index is 13.0.